The van der Waals surface area contributed by atoms with Gasteiger partial charge in [0.2, 0.25) is 0 Å². The third-order valence-electron chi connectivity index (χ3n) is 3.38. The van der Waals surface area contributed by atoms with Crippen molar-refractivity contribution in [2.75, 3.05) is 0 Å². The van der Waals surface area contributed by atoms with Gasteiger partial charge in [-0.05, 0) is 19.4 Å². The Morgan fingerprint density at radius 2 is 2.15 bits per heavy atom. The van der Waals surface area contributed by atoms with E-state index in [-0.39, 0.29) is 18.0 Å². The first-order valence-electron chi connectivity index (χ1n) is 4.46. The first-order chi connectivity index (χ1) is 5.98. The second kappa shape index (κ2) is 2.29. The number of carbonyl (C=O) groups excluding carboxylic acids is 2. The van der Waals surface area contributed by atoms with Gasteiger partial charge < -0.3 is 5.11 Å². The number of Topliss-reactive ketones (excluding diaryl/α,β-unsaturated/α-hetero) is 1. The Labute approximate surface area is 76.4 Å². The minimum absolute atomic E-state index is 0.0405. The van der Waals surface area contributed by atoms with Gasteiger partial charge in [0.15, 0.2) is 5.78 Å². The summed E-state index contributed by atoms with van der Waals surface area (Å²) in [6.07, 6.45) is 3.86. The van der Waals surface area contributed by atoms with E-state index in [4.69, 9.17) is 0 Å². The van der Waals surface area contributed by atoms with Crippen molar-refractivity contribution in [3.63, 3.8) is 0 Å². The van der Waals surface area contributed by atoms with Crippen LogP contribution in [-0.2, 0) is 9.59 Å². The van der Waals surface area contributed by atoms with Crippen molar-refractivity contribution < 1.29 is 14.7 Å². The Kier molecular flexibility index (Phi) is 1.52. The zero-order valence-electron chi connectivity index (χ0n) is 7.54. The lowest BCUT2D eigenvalue weighted by atomic mass is 9.69. The molecule has 70 valence electrons. The van der Waals surface area contributed by atoms with Crippen LogP contribution in [0.3, 0.4) is 0 Å². The first kappa shape index (κ1) is 8.63. The number of hydrogen-bond donors (Lipinski definition) is 1. The third-order valence-corrected chi connectivity index (χ3v) is 3.38. The molecular weight excluding hydrogens is 168 g/mol. The highest BCUT2D eigenvalue weighted by Crippen LogP contribution is 2.48. The van der Waals surface area contributed by atoms with Gasteiger partial charge in [-0.15, -0.1) is 0 Å². The minimum atomic E-state index is -1.12. The van der Waals surface area contributed by atoms with E-state index >= 15 is 0 Å². The van der Waals surface area contributed by atoms with Gasteiger partial charge in [0, 0.05) is 12.8 Å². The fourth-order valence-corrected chi connectivity index (χ4v) is 2.23. The van der Waals surface area contributed by atoms with Crippen LogP contribution in [0.2, 0.25) is 0 Å². The topological polar surface area (TPSA) is 54.4 Å². The number of hydrogen-bond acceptors (Lipinski definition) is 3. The molecule has 2 aliphatic carbocycles. The average molecular weight is 180 g/mol. The molecule has 1 N–H and O–H groups in total. The third kappa shape index (κ3) is 0.936. The van der Waals surface area contributed by atoms with Gasteiger partial charge in [0.25, 0.3) is 0 Å². The van der Waals surface area contributed by atoms with Crippen LogP contribution < -0.4 is 0 Å². The van der Waals surface area contributed by atoms with Crippen LogP contribution in [0.25, 0.3) is 0 Å². The second-order valence-corrected chi connectivity index (χ2v) is 4.13. The lowest BCUT2D eigenvalue weighted by molar-refractivity contribution is -0.135. The first-order valence-corrected chi connectivity index (χ1v) is 4.46. The van der Waals surface area contributed by atoms with Crippen molar-refractivity contribution in [3.05, 3.63) is 12.2 Å². The normalized spacial score (nSPS) is 43.8. The maximum atomic E-state index is 11.5. The van der Waals surface area contributed by atoms with Crippen molar-refractivity contribution in [1.29, 1.82) is 0 Å². The summed E-state index contributed by atoms with van der Waals surface area (Å²) in [4.78, 5) is 22.6. The molecule has 0 unspecified atom stereocenters. The van der Waals surface area contributed by atoms with Gasteiger partial charge in [-0.3, -0.25) is 9.59 Å². The van der Waals surface area contributed by atoms with Crippen LogP contribution >= 0.6 is 0 Å². The van der Waals surface area contributed by atoms with Crippen LogP contribution in [0.1, 0.15) is 26.2 Å². The Hall–Kier alpha value is -0.960. The van der Waals surface area contributed by atoms with Crippen molar-refractivity contribution in [3.8, 4) is 0 Å². The van der Waals surface area contributed by atoms with E-state index in [0.29, 0.717) is 12.8 Å². The van der Waals surface area contributed by atoms with Gasteiger partial charge >= 0.3 is 0 Å². The van der Waals surface area contributed by atoms with E-state index in [1.54, 1.807) is 13.0 Å². The largest absolute Gasteiger partial charge is 0.388 e. The monoisotopic (exact) mass is 180 g/mol. The highest BCUT2D eigenvalue weighted by Gasteiger charge is 2.57. The van der Waals surface area contributed by atoms with E-state index in [1.165, 1.54) is 6.08 Å². The summed E-state index contributed by atoms with van der Waals surface area (Å²) in [6, 6.07) is 0. The van der Waals surface area contributed by atoms with Crippen LogP contribution in [-0.4, -0.2) is 22.3 Å². The summed E-state index contributed by atoms with van der Waals surface area (Å²) in [5, 5.41) is 10.1. The van der Waals surface area contributed by atoms with Crippen LogP contribution in [0.4, 0.5) is 0 Å². The predicted molar refractivity (Wildman–Crippen MR) is 46.1 cm³/mol. The number of rotatable bonds is 0. The van der Waals surface area contributed by atoms with E-state index in [9.17, 15) is 14.7 Å². The Balaban J connectivity index is 2.50. The summed E-state index contributed by atoms with van der Waals surface area (Å²) in [6.45, 7) is 1.71. The summed E-state index contributed by atoms with van der Waals surface area (Å²) in [5.74, 6) is -0.0478. The molecule has 0 aromatic carbocycles. The fourth-order valence-electron chi connectivity index (χ4n) is 2.23. The van der Waals surface area contributed by atoms with Crippen molar-refractivity contribution in [1.82, 2.24) is 0 Å². The number of fused-ring (bicyclic) bond motifs is 1. The Morgan fingerprint density at radius 1 is 1.46 bits per heavy atom. The summed E-state index contributed by atoms with van der Waals surface area (Å²) in [7, 11) is 0. The number of ketones is 2. The van der Waals surface area contributed by atoms with Crippen molar-refractivity contribution >= 4 is 11.6 Å². The SMILES string of the molecule is C[C@]12C=CC(=O)C[C@]1(O)CCC2=O. The van der Waals surface area contributed by atoms with Crippen molar-refractivity contribution in [2.45, 2.75) is 31.8 Å². The Morgan fingerprint density at radius 3 is 2.85 bits per heavy atom. The zero-order chi connectivity index (χ0) is 9.69. The standard InChI is InChI=1S/C10H12O3/c1-9-4-2-7(11)6-10(9,13)5-3-8(9)12/h2,4,13H,3,5-6H2,1H3/t9-,10-/m1/s1. The molecule has 2 rings (SSSR count). The predicted octanol–water partition coefficient (Wildman–Crippen LogP) is 0.616. The van der Waals surface area contributed by atoms with Crippen LogP contribution in [0.5, 0.6) is 0 Å². The van der Waals surface area contributed by atoms with Gasteiger partial charge in [-0.1, -0.05) is 6.08 Å². The highest BCUT2D eigenvalue weighted by atomic mass is 16.3. The molecule has 0 radical (unpaired) electrons. The quantitative estimate of drug-likeness (QED) is 0.594. The number of allylic oxidation sites excluding steroid dienone is 1. The molecule has 0 spiro atoms. The average Bonchev–Trinajstić information content (AvgIpc) is 2.28. The zero-order valence-corrected chi connectivity index (χ0v) is 7.54. The molecule has 0 saturated heterocycles. The van der Waals surface area contributed by atoms with E-state index in [1.807, 2.05) is 0 Å². The maximum absolute atomic E-state index is 11.5. The lowest BCUT2D eigenvalue weighted by Gasteiger charge is -2.37. The summed E-state index contributed by atoms with van der Waals surface area (Å²) in [5.41, 5.74) is -1.93. The second-order valence-electron chi connectivity index (χ2n) is 4.13. The molecule has 3 nitrogen and oxygen atoms in total. The minimum Gasteiger partial charge on any atom is -0.388 e. The lowest BCUT2D eigenvalue weighted by Crippen LogP contribution is -2.47. The van der Waals surface area contributed by atoms with E-state index < -0.39 is 11.0 Å². The summed E-state index contributed by atoms with van der Waals surface area (Å²) >= 11 is 0. The van der Waals surface area contributed by atoms with Crippen LogP contribution in [0.15, 0.2) is 12.2 Å². The number of carbonyl (C=O) groups is 2. The molecule has 0 bridgehead atoms. The van der Waals surface area contributed by atoms with E-state index in [2.05, 4.69) is 0 Å². The molecule has 0 aliphatic heterocycles. The maximum Gasteiger partial charge on any atom is 0.158 e. The summed E-state index contributed by atoms with van der Waals surface area (Å²) < 4.78 is 0. The molecule has 0 amide bonds. The molecule has 13 heavy (non-hydrogen) atoms. The molecule has 0 aromatic rings. The molecule has 0 aromatic heterocycles. The van der Waals surface area contributed by atoms with Gasteiger partial charge in [0.1, 0.15) is 5.78 Å². The van der Waals surface area contributed by atoms with Crippen LogP contribution in [0, 0.1) is 5.41 Å². The molecule has 2 atom stereocenters. The van der Waals surface area contributed by atoms with Gasteiger partial charge in [-0.25, -0.2) is 0 Å². The van der Waals surface area contributed by atoms with Gasteiger partial charge in [-0.2, -0.15) is 0 Å². The van der Waals surface area contributed by atoms with Crippen molar-refractivity contribution in [2.24, 2.45) is 5.41 Å². The molecule has 1 saturated carbocycles. The smallest absolute Gasteiger partial charge is 0.158 e. The Bertz CT molecular complexity index is 318. The fraction of sp³-hybridized carbons (Fsp3) is 0.600. The number of aliphatic hydroxyl groups is 1. The van der Waals surface area contributed by atoms with Gasteiger partial charge in [0.05, 0.1) is 11.0 Å². The van der Waals surface area contributed by atoms with E-state index in [0.717, 1.165) is 0 Å². The molecule has 0 heterocycles. The highest BCUT2D eigenvalue weighted by molar-refractivity contribution is 5.99. The molecule has 2 aliphatic rings. The molecule has 3 heteroatoms. The molecule has 1 fully saturated rings. The molecular formula is C10H12O3.